The molecule has 118 valence electrons. The molecule has 2 N–H and O–H groups in total. The molecule has 0 radical (unpaired) electrons. The van der Waals surface area contributed by atoms with E-state index in [-0.39, 0.29) is 12.1 Å². The van der Waals surface area contributed by atoms with Gasteiger partial charge in [-0.05, 0) is 30.5 Å². The molecule has 1 fully saturated rings. The van der Waals surface area contributed by atoms with Crippen LogP contribution in [0.1, 0.15) is 18.9 Å². The number of aromatic nitrogens is 1. The summed E-state index contributed by atoms with van der Waals surface area (Å²) in [5.41, 5.74) is 2.18. The lowest BCUT2D eigenvalue weighted by atomic mass is 10.2. The van der Waals surface area contributed by atoms with E-state index in [0.29, 0.717) is 25.1 Å². The molecule has 1 aromatic carbocycles. The fraction of sp³-hybridized carbons (Fsp3) is 0.467. The number of carbonyl (C=O) groups excluding carboxylic acids is 1. The van der Waals surface area contributed by atoms with Crippen molar-refractivity contribution < 1.29 is 14.3 Å². The Balaban J connectivity index is 1.56. The molecule has 3 rings (SSSR count). The summed E-state index contributed by atoms with van der Waals surface area (Å²) in [5.74, 6) is 0. The standard InChI is InChI=1S/C15H19N3O3S/c1-2-10-3-4-12-13(7-10)22-15(17-12)18-14(19)16-8-11-5-6-20-9-21-11/h3-4,7,11H,2,5-6,8-9H2,1H3,(H2,16,17,18,19)/t11-/m1/s1. The van der Waals surface area contributed by atoms with Crippen molar-refractivity contribution in [2.75, 3.05) is 25.3 Å². The number of ether oxygens (including phenoxy) is 2. The van der Waals surface area contributed by atoms with Gasteiger partial charge >= 0.3 is 6.03 Å². The first-order valence-corrected chi connectivity index (χ1v) is 8.20. The van der Waals surface area contributed by atoms with E-state index < -0.39 is 0 Å². The van der Waals surface area contributed by atoms with Crippen molar-refractivity contribution in [3.8, 4) is 0 Å². The fourth-order valence-electron chi connectivity index (χ4n) is 2.25. The van der Waals surface area contributed by atoms with Gasteiger partial charge in [0.05, 0.1) is 22.9 Å². The smallest absolute Gasteiger partial charge is 0.321 e. The summed E-state index contributed by atoms with van der Waals surface area (Å²) in [4.78, 5) is 16.3. The van der Waals surface area contributed by atoms with Crippen molar-refractivity contribution in [2.24, 2.45) is 0 Å². The second-order valence-corrected chi connectivity index (χ2v) is 6.14. The second kappa shape index (κ2) is 7.04. The Morgan fingerprint density at radius 1 is 1.50 bits per heavy atom. The van der Waals surface area contributed by atoms with Crippen LogP contribution in [-0.2, 0) is 15.9 Å². The Morgan fingerprint density at radius 2 is 2.41 bits per heavy atom. The number of benzene rings is 1. The van der Waals surface area contributed by atoms with Crippen molar-refractivity contribution in [1.29, 1.82) is 0 Å². The number of fused-ring (bicyclic) bond motifs is 1. The van der Waals surface area contributed by atoms with Gasteiger partial charge in [-0.2, -0.15) is 0 Å². The van der Waals surface area contributed by atoms with E-state index in [1.807, 2.05) is 6.07 Å². The number of nitrogens with one attached hydrogen (secondary N) is 2. The molecule has 0 aliphatic carbocycles. The highest BCUT2D eigenvalue weighted by molar-refractivity contribution is 7.22. The van der Waals surface area contributed by atoms with Gasteiger partial charge in [-0.1, -0.05) is 24.3 Å². The summed E-state index contributed by atoms with van der Waals surface area (Å²) in [6.07, 6.45) is 1.80. The molecule has 1 atom stereocenters. The highest BCUT2D eigenvalue weighted by atomic mass is 32.1. The van der Waals surface area contributed by atoms with E-state index in [2.05, 4.69) is 34.7 Å². The maximum Gasteiger partial charge on any atom is 0.321 e. The first-order valence-electron chi connectivity index (χ1n) is 7.38. The molecule has 2 aromatic rings. The van der Waals surface area contributed by atoms with Crippen LogP contribution in [0.5, 0.6) is 0 Å². The molecule has 0 saturated carbocycles. The maximum absolute atomic E-state index is 11.9. The molecule has 22 heavy (non-hydrogen) atoms. The molecule has 1 aliphatic rings. The second-order valence-electron chi connectivity index (χ2n) is 5.11. The van der Waals surface area contributed by atoms with Crippen LogP contribution in [0.2, 0.25) is 0 Å². The van der Waals surface area contributed by atoms with Crippen molar-refractivity contribution in [1.82, 2.24) is 10.3 Å². The summed E-state index contributed by atoms with van der Waals surface area (Å²) in [7, 11) is 0. The lowest BCUT2D eigenvalue weighted by Crippen LogP contribution is -2.38. The molecule has 1 aromatic heterocycles. The monoisotopic (exact) mass is 321 g/mol. The van der Waals surface area contributed by atoms with Crippen molar-refractivity contribution in [3.05, 3.63) is 23.8 Å². The molecule has 2 heterocycles. The fourth-order valence-corrected chi connectivity index (χ4v) is 3.18. The molecule has 0 spiro atoms. The van der Waals surface area contributed by atoms with Crippen LogP contribution < -0.4 is 10.6 Å². The largest absolute Gasteiger partial charge is 0.355 e. The Morgan fingerprint density at radius 3 is 3.18 bits per heavy atom. The number of nitrogens with zero attached hydrogens (tertiary/aromatic N) is 1. The van der Waals surface area contributed by atoms with E-state index >= 15 is 0 Å². The van der Waals surface area contributed by atoms with Crippen LogP contribution in [0.15, 0.2) is 18.2 Å². The minimum absolute atomic E-state index is 0.0157. The van der Waals surface area contributed by atoms with E-state index in [9.17, 15) is 4.79 Å². The molecule has 7 heteroatoms. The minimum atomic E-state index is -0.259. The van der Waals surface area contributed by atoms with Gasteiger partial charge in [0.2, 0.25) is 0 Å². The number of hydrogen-bond donors (Lipinski definition) is 2. The predicted octanol–water partition coefficient (Wildman–Crippen LogP) is 2.74. The average Bonchev–Trinajstić information content (AvgIpc) is 2.95. The lowest BCUT2D eigenvalue weighted by Gasteiger charge is -2.22. The zero-order valence-corrected chi connectivity index (χ0v) is 13.2. The van der Waals surface area contributed by atoms with Crippen LogP contribution in [0.25, 0.3) is 10.2 Å². The molecule has 1 aliphatic heterocycles. The van der Waals surface area contributed by atoms with Gasteiger partial charge in [0.15, 0.2) is 5.13 Å². The molecule has 0 bridgehead atoms. The van der Waals surface area contributed by atoms with Crippen LogP contribution in [-0.4, -0.2) is 37.1 Å². The third kappa shape index (κ3) is 3.73. The zero-order chi connectivity index (χ0) is 15.4. The molecular formula is C15H19N3O3S. The number of amides is 2. The van der Waals surface area contributed by atoms with Gasteiger partial charge in [0.25, 0.3) is 0 Å². The summed E-state index contributed by atoms with van der Waals surface area (Å²) >= 11 is 1.48. The van der Waals surface area contributed by atoms with Gasteiger partial charge in [0, 0.05) is 6.54 Å². The highest BCUT2D eigenvalue weighted by Gasteiger charge is 2.15. The molecule has 1 saturated heterocycles. The zero-order valence-electron chi connectivity index (χ0n) is 12.4. The van der Waals surface area contributed by atoms with Crippen molar-refractivity contribution in [3.63, 3.8) is 0 Å². The Hall–Kier alpha value is -1.70. The number of hydrogen-bond acceptors (Lipinski definition) is 5. The van der Waals surface area contributed by atoms with E-state index in [1.165, 1.54) is 16.9 Å². The number of rotatable bonds is 4. The van der Waals surface area contributed by atoms with Crippen LogP contribution in [0.3, 0.4) is 0 Å². The topological polar surface area (TPSA) is 72.5 Å². The molecule has 0 unspecified atom stereocenters. The van der Waals surface area contributed by atoms with E-state index in [0.717, 1.165) is 23.1 Å². The number of thiazole rings is 1. The Labute approximate surface area is 132 Å². The van der Waals surface area contributed by atoms with Gasteiger partial charge in [-0.25, -0.2) is 9.78 Å². The van der Waals surface area contributed by atoms with E-state index in [1.54, 1.807) is 0 Å². The van der Waals surface area contributed by atoms with Crippen LogP contribution in [0, 0.1) is 0 Å². The van der Waals surface area contributed by atoms with Crippen LogP contribution >= 0.6 is 11.3 Å². The highest BCUT2D eigenvalue weighted by Crippen LogP contribution is 2.26. The van der Waals surface area contributed by atoms with E-state index in [4.69, 9.17) is 9.47 Å². The van der Waals surface area contributed by atoms with Gasteiger partial charge in [-0.3, -0.25) is 5.32 Å². The van der Waals surface area contributed by atoms with Gasteiger partial charge < -0.3 is 14.8 Å². The molecular weight excluding hydrogens is 302 g/mol. The normalized spacial score (nSPS) is 18.3. The maximum atomic E-state index is 11.9. The third-order valence-electron chi connectivity index (χ3n) is 3.54. The summed E-state index contributed by atoms with van der Waals surface area (Å²) in [5, 5.41) is 6.19. The SMILES string of the molecule is CCc1ccc2nc(NC(=O)NC[C@H]3CCOCO3)sc2c1. The van der Waals surface area contributed by atoms with Gasteiger partial charge in [-0.15, -0.1) is 0 Å². The number of anilines is 1. The Kier molecular flexibility index (Phi) is 4.87. The molecule has 2 amide bonds. The van der Waals surface area contributed by atoms with Crippen molar-refractivity contribution in [2.45, 2.75) is 25.9 Å². The van der Waals surface area contributed by atoms with Crippen molar-refractivity contribution >= 4 is 32.7 Å². The number of urea groups is 1. The van der Waals surface area contributed by atoms with Gasteiger partial charge in [0.1, 0.15) is 6.79 Å². The summed E-state index contributed by atoms with van der Waals surface area (Å²) in [6, 6.07) is 5.91. The Bertz CT molecular complexity index is 653. The first-order chi connectivity index (χ1) is 10.7. The quantitative estimate of drug-likeness (QED) is 0.908. The molecule has 6 nitrogen and oxygen atoms in total. The minimum Gasteiger partial charge on any atom is -0.355 e. The average molecular weight is 321 g/mol. The lowest BCUT2D eigenvalue weighted by molar-refractivity contribution is -0.136. The summed E-state index contributed by atoms with van der Waals surface area (Å²) in [6.45, 7) is 3.56. The predicted molar refractivity (Wildman–Crippen MR) is 86.3 cm³/mol. The summed E-state index contributed by atoms with van der Waals surface area (Å²) < 4.78 is 11.6. The first kappa shape index (κ1) is 15.2. The number of aryl methyl sites for hydroxylation is 1. The third-order valence-corrected chi connectivity index (χ3v) is 4.48. The van der Waals surface area contributed by atoms with Crippen LogP contribution in [0.4, 0.5) is 9.93 Å². The number of carbonyl (C=O) groups is 1.